The van der Waals surface area contributed by atoms with Gasteiger partial charge in [0, 0.05) is 10.0 Å². The Hall–Kier alpha value is -0.100. The number of hydrogen-bond acceptors (Lipinski definition) is 3. The first-order valence-corrected chi connectivity index (χ1v) is 7.14. The molecule has 0 atom stereocenters. The third kappa shape index (κ3) is 2.97. The van der Waals surface area contributed by atoms with Crippen molar-refractivity contribution in [3.8, 4) is 0 Å². The smallest absolute Gasteiger partial charge is 0.181 e. The van der Waals surface area contributed by atoms with Crippen molar-refractivity contribution in [2.75, 3.05) is 5.75 Å². The summed E-state index contributed by atoms with van der Waals surface area (Å²) in [5.74, 6) is 0.0443. The van der Waals surface area contributed by atoms with E-state index < -0.39 is 15.4 Å². The molecule has 0 heterocycles. The summed E-state index contributed by atoms with van der Waals surface area (Å²) in [7, 11) is -3.26. The molecule has 0 unspecified atom stereocenters. The number of rotatable bonds is 3. The number of hydrogen-bond donors (Lipinski definition) is 1. The summed E-state index contributed by atoms with van der Waals surface area (Å²) in [6.07, 6.45) is 1.60. The molecule has 0 spiro atoms. The summed E-state index contributed by atoms with van der Waals surface area (Å²) >= 11 is 3.24. The molecule has 2 rings (SSSR count). The molecular formula is C10H13BrClNO2S. The molecular weight excluding hydrogens is 314 g/mol. The number of nitrogens with two attached hydrogens (primary N) is 1. The molecule has 1 aliphatic carbocycles. The number of sulfone groups is 1. The third-order valence-corrected chi connectivity index (χ3v) is 5.48. The molecule has 0 saturated heterocycles. The predicted octanol–water partition coefficient (Wildman–Crippen LogP) is 2.14. The van der Waals surface area contributed by atoms with Crippen LogP contribution in [-0.4, -0.2) is 19.7 Å². The van der Waals surface area contributed by atoms with Crippen LogP contribution in [0.5, 0.6) is 0 Å². The molecule has 0 amide bonds. The van der Waals surface area contributed by atoms with Crippen molar-refractivity contribution >= 4 is 38.2 Å². The molecule has 16 heavy (non-hydrogen) atoms. The zero-order valence-electron chi connectivity index (χ0n) is 8.52. The van der Waals surface area contributed by atoms with E-state index in [2.05, 4.69) is 15.9 Å². The average molecular weight is 327 g/mol. The van der Waals surface area contributed by atoms with Crippen LogP contribution in [0.15, 0.2) is 33.6 Å². The second-order valence-corrected chi connectivity index (χ2v) is 6.86. The van der Waals surface area contributed by atoms with E-state index in [4.69, 9.17) is 5.73 Å². The van der Waals surface area contributed by atoms with Crippen LogP contribution in [0, 0.1) is 0 Å². The summed E-state index contributed by atoms with van der Waals surface area (Å²) in [6, 6.07) is 6.83. The van der Waals surface area contributed by atoms with Crippen LogP contribution >= 0.6 is 28.3 Å². The highest BCUT2D eigenvalue weighted by Crippen LogP contribution is 2.36. The summed E-state index contributed by atoms with van der Waals surface area (Å²) in [6.45, 7) is 0. The van der Waals surface area contributed by atoms with E-state index in [1.165, 1.54) is 0 Å². The lowest BCUT2D eigenvalue weighted by molar-refractivity contribution is 0.585. The van der Waals surface area contributed by atoms with E-state index >= 15 is 0 Å². The Kier molecular flexibility index (Phi) is 4.05. The first-order valence-electron chi connectivity index (χ1n) is 4.69. The number of halogens is 2. The molecule has 2 N–H and O–H groups in total. The van der Waals surface area contributed by atoms with Crippen LogP contribution < -0.4 is 5.73 Å². The van der Waals surface area contributed by atoms with Crippen molar-refractivity contribution in [1.29, 1.82) is 0 Å². The average Bonchev–Trinajstić information content (AvgIpc) is 2.82. The van der Waals surface area contributed by atoms with E-state index in [9.17, 15) is 8.42 Å². The van der Waals surface area contributed by atoms with E-state index in [0.29, 0.717) is 9.37 Å². The second kappa shape index (κ2) is 4.64. The van der Waals surface area contributed by atoms with Gasteiger partial charge in [0.1, 0.15) is 0 Å². The number of benzene rings is 1. The van der Waals surface area contributed by atoms with Crippen molar-refractivity contribution < 1.29 is 8.42 Å². The molecule has 90 valence electrons. The highest BCUT2D eigenvalue weighted by molar-refractivity contribution is 9.10. The topological polar surface area (TPSA) is 60.2 Å². The first-order chi connectivity index (χ1) is 6.93. The molecule has 0 aliphatic heterocycles. The molecule has 1 aromatic carbocycles. The normalized spacial score (nSPS) is 17.6. The molecule has 1 aromatic rings. The molecule has 1 aliphatic rings. The molecule has 0 aromatic heterocycles. The van der Waals surface area contributed by atoms with Gasteiger partial charge in [0.15, 0.2) is 9.84 Å². The van der Waals surface area contributed by atoms with Crippen molar-refractivity contribution in [2.45, 2.75) is 23.3 Å². The minimum Gasteiger partial charge on any atom is -0.324 e. The minimum atomic E-state index is -3.26. The van der Waals surface area contributed by atoms with Crippen LogP contribution in [0.3, 0.4) is 0 Å². The maximum atomic E-state index is 12.0. The van der Waals surface area contributed by atoms with Gasteiger partial charge in [0.2, 0.25) is 0 Å². The fourth-order valence-corrected chi connectivity index (χ4v) is 4.33. The van der Waals surface area contributed by atoms with Crippen LogP contribution in [-0.2, 0) is 9.84 Å². The first kappa shape index (κ1) is 14.0. The summed E-state index contributed by atoms with van der Waals surface area (Å²) in [4.78, 5) is 0.335. The molecule has 1 fully saturated rings. The Morgan fingerprint density at radius 2 is 1.88 bits per heavy atom. The van der Waals surface area contributed by atoms with Crippen LogP contribution in [0.4, 0.5) is 0 Å². The zero-order valence-corrected chi connectivity index (χ0v) is 11.7. The summed E-state index contributed by atoms with van der Waals surface area (Å²) < 4.78 is 24.6. The van der Waals surface area contributed by atoms with Gasteiger partial charge in [-0.3, -0.25) is 0 Å². The Balaban J connectivity index is 0.00000128. The summed E-state index contributed by atoms with van der Waals surface area (Å²) in [5, 5.41) is 0. The minimum absolute atomic E-state index is 0. The maximum absolute atomic E-state index is 12.0. The fraction of sp³-hybridized carbons (Fsp3) is 0.400. The highest BCUT2D eigenvalue weighted by atomic mass is 79.9. The summed E-state index contributed by atoms with van der Waals surface area (Å²) in [5.41, 5.74) is 5.35. The lowest BCUT2D eigenvalue weighted by Crippen LogP contribution is -2.31. The van der Waals surface area contributed by atoms with Crippen molar-refractivity contribution in [2.24, 2.45) is 5.73 Å². The van der Waals surface area contributed by atoms with E-state index in [0.717, 1.165) is 12.8 Å². The van der Waals surface area contributed by atoms with Gasteiger partial charge in [-0.25, -0.2) is 8.42 Å². The molecule has 1 saturated carbocycles. The molecule has 0 bridgehead atoms. The van der Waals surface area contributed by atoms with Crippen molar-refractivity contribution in [1.82, 2.24) is 0 Å². The van der Waals surface area contributed by atoms with Crippen LogP contribution in [0.2, 0.25) is 0 Å². The van der Waals surface area contributed by atoms with E-state index in [1.807, 2.05) is 0 Å². The largest absolute Gasteiger partial charge is 0.324 e. The van der Waals surface area contributed by atoms with Gasteiger partial charge in [-0.15, -0.1) is 12.4 Å². The van der Waals surface area contributed by atoms with E-state index in [-0.39, 0.29) is 18.2 Å². The van der Waals surface area contributed by atoms with Gasteiger partial charge in [0.05, 0.1) is 10.6 Å². The van der Waals surface area contributed by atoms with Gasteiger partial charge in [-0.2, -0.15) is 0 Å². The molecule has 6 heteroatoms. The Bertz CT molecular complexity index is 485. The standard InChI is InChI=1S/C10H12BrNO2S.ClH/c11-8-3-1-2-4-9(8)15(13,14)7-10(12)5-6-10;/h1-4H,5-7,12H2;1H. The fourth-order valence-electron chi connectivity index (χ4n) is 1.46. The van der Waals surface area contributed by atoms with Gasteiger partial charge in [0.25, 0.3) is 0 Å². The van der Waals surface area contributed by atoms with E-state index in [1.54, 1.807) is 24.3 Å². The Morgan fingerprint density at radius 3 is 2.38 bits per heavy atom. The Labute approximate surface area is 110 Å². The van der Waals surface area contributed by atoms with Crippen molar-refractivity contribution in [3.05, 3.63) is 28.7 Å². The van der Waals surface area contributed by atoms with Crippen LogP contribution in [0.25, 0.3) is 0 Å². The predicted molar refractivity (Wildman–Crippen MR) is 69.6 cm³/mol. The third-order valence-electron chi connectivity index (χ3n) is 2.54. The molecule has 3 nitrogen and oxygen atoms in total. The lowest BCUT2D eigenvalue weighted by Gasteiger charge is -2.10. The lowest BCUT2D eigenvalue weighted by atomic mass is 10.4. The maximum Gasteiger partial charge on any atom is 0.181 e. The van der Waals surface area contributed by atoms with Gasteiger partial charge >= 0.3 is 0 Å². The quantitative estimate of drug-likeness (QED) is 0.925. The zero-order chi connectivity index (χ0) is 11.1. The SMILES string of the molecule is Cl.NC1(CS(=O)(=O)c2ccccc2Br)CC1. The van der Waals surface area contributed by atoms with Crippen LogP contribution in [0.1, 0.15) is 12.8 Å². The van der Waals surface area contributed by atoms with Crippen molar-refractivity contribution in [3.63, 3.8) is 0 Å². The van der Waals surface area contributed by atoms with Gasteiger partial charge in [-0.1, -0.05) is 12.1 Å². The Morgan fingerprint density at radius 1 is 1.31 bits per heavy atom. The second-order valence-electron chi connectivity index (χ2n) is 4.05. The molecule has 0 radical (unpaired) electrons. The highest BCUT2D eigenvalue weighted by Gasteiger charge is 2.43. The van der Waals surface area contributed by atoms with Gasteiger partial charge < -0.3 is 5.73 Å². The monoisotopic (exact) mass is 325 g/mol. The van der Waals surface area contributed by atoms with Gasteiger partial charge in [-0.05, 0) is 40.9 Å².